The van der Waals surface area contributed by atoms with E-state index in [-0.39, 0.29) is 41.8 Å². The molecule has 14 nitrogen and oxygen atoms in total. The van der Waals surface area contributed by atoms with E-state index in [1.807, 2.05) is 23.6 Å². The van der Waals surface area contributed by atoms with Gasteiger partial charge in [-0.2, -0.15) is 18.3 Å². The van der Waals surface area contributed by atoms with Crippen LogP contribution in [0.15, 0.2) is 30.6 Å². The summed E-state index contributed by atoms with van der Waals surface area (Å²) in [6.45, 7) is 5.26. The van der Waals surface area contributed by atoms with Gasteiger partial charge in [-0.05, 0) is 30.0 Å². The van der Waals surface area contributed by atoms with Crippen LogP contribution in [0.3, 0.4) is 0 Å². The number of fused-ring (bicyclic) bond motifs is 1. The third-order valence-electron chi connectivity index (χ3n) is 7.21. The second-order valence-electron chi connectivity index (χ2n) is 10.9. The molecule has 3 heterocycles. The molecule has 1 aromatic carbocycles. The molecule has 0 saturated carbocycles. The minimum atomic E-state index is -4.82. The molecule has 44 heavy (non-hydrogen) atoms. The molecule has 0 atom stereocenters. The van der Waals surface area contributed by atoms with Crippen LogP contribution in [-0.4, -0.2) is 75.1 Å². The SMILES string of the molecule is CC1(C)CC(=O)c2c(C(F)(F)F)nn(-c3ccc(C(N)=O)c(N4CCN(c5ncc(C(=O)NO)cn5)CC4)c3)c2C1.NC=O. The van der Waals surface area contributed by atoms with Crippen LogP contribution in [0, 0.1) is 5.41 Å². The van der Waals surface area contributed by atoms with Crippen LogP contribution in [-0.2, 0) is 17.4 Å². The van der Waals surface area contributed by atoms with Gasteiger partial charge in [-0.1, -0.05) is 13.8 Å². The number of anilines is 2. The van der Waals surface area contributed by atoms with Crippen LogP contribution in [0.1, 0.15) is 62.7 Å². The molecule has 1 aliphatic heterocycles. The molecular formula is C27H30F3N9O5. The number of primary amides is 2. The highest BCUT2D eigenvalue weighted by Gasteiger charge is 2.45. The molecule has 2 aromatic heterocycles. The number of carbonyl (C=O) groups excluding carboxylic acids is 4. The van der Waals surface area contributed by atoms with E-state index in [0.29, 0.717) is 37.8 Å². The van der Waals surface area contributed by atoms with Gasteiger partial charge in [0.1, 0.15) is 0 Å². The maximum absolute atomic E-state index is 13.9. The number of piperazine rings is 1. The lowest BCUT2D eigenvalue weighted by atomic mass is 9.75. The number of nitrogens with two attached hydrogens (primary N) is 2. The smallest absolute Gasteiger partial charge is 0.372 e. The van der Waals surface area contributed by atoms with Gasteiger partial charge in [0.15, 0.2) is 11.5 Å². The molecular weight excluding hydrogens is 587 g/mol. The minimum Gasteiger partial charge on any atom is -0.372 e. The van der Waals surface area contributed by atoms with Crippen LogP contribution >= 0.6 is 0 Å². The topological polar surface area (TPSA) is 203 Å². The van der Waals surface area contributed by atoms with Crippen molar-refractivity contribution in [2.45, 2.75) is 32.9 Å². The first-order chi connectivity index (χ1) is 20.7. The van der Waals surface area contributed by atoms with Crippen LogP contribution in [0.2, 0.25) is 0 Å². The number of alkyl halides is 3. The first-order valence-electron chi connectivity index (χ1n) is 13.3. The number of hydrogen-bond donors (Lipinski definition) is 4. The minimum absolute atomic E-state index is 0.0218. The fraction of sp³-hybridized carbons (Fsp3) is 0.370. The molecule has 17 heteroatoms. The van der Waals surface area contributed by atoms with Gasteiger partial charge in [-0.25, -0.2) is 20.1 Å². The Morgan fingerprint density at radius 1 is 1.07 bits per heavy atom. The number of ketones is 1. The number of Topliss-reactive ketones (excluding diaryl/α,β-unsaturated/α-hetero) is 1. The zero-order chi connectivity index (χ0) is 32.4. The number of aromatic nitrogens is 4. The van der Waals surface area contributed by atoms with E-state index in [9.17, 15) is 27.6 Å². The number of halogens is 3. The Morgan fingerprint density at radius 3 is 2.20 bits per heavy atom. The molecule has 234 valence electrons. The molecule has 0 unspecified atom stereocenters. The second-order valence-corrected chi connectivity index (χ2v) is 10.9. The van der Waals surface area contributed by atoms with E-state index in [1.165, 1.54) is 30.0 Å². The summed E-state index contributed by atoms with van der Waals surface area (Å²) in [6.07, 6.45) is -1.82. The van der Waals surface area contributed by atoms with Gasteiger partial charge in [0.05, 0.1) is 33.8 Å². The number of hydrogen-bond acceptors (Lipinski definition) is 10. The first kappa shape index (κ1) is 31.9. The third kappa shape index (κ3) is 6.46. The molecule has 6 N–H and O–H groups in total. The van der Waals surface area contributed by atoms with Crippen LogP contribution in [0.25, 0.3) is 5.69 Å². The predicted molar refractivity (Wildman–Crippen MR) is 149 cm³/mol. The summed E-state index contributed by atoms with van der Waals surface area (Å²) >= 11 is 0. The number of nitrogens with zero attached hydrogens (tertiary/aromatic N) is 6. The maximum Gasteiger partial charge on any atom is 0.435 e. The number of carbonyl (C=O) groups is 4. The van der Waals surface area contributed by atoms with Crippen molar-refractivity contribution in [2.75, 3.05) is 36.0 Å². The molecule has 1 saturated heterocycles. The third-order valence-corrected chi connectivity index (χ3v) is 7.21. The summed E-state index contributed by atoms with van der Waals surface area (Å²) in [4.78, 5) is 57.3. The number of rotatable bonds is 5. The largest absolute Gasteiger partial charge is 0.435 e. The van der Waals surface area contributed by atoms with E-state index in [2.05, 4.69) is 20.8 Å². The molecule has 1 aliphatic carbocycles. The van der Waals surface area contributed by atoms with Gasteiger partial charge in [0.2, 0.25) is 12.4 Å². The zero-order valence-electron chi connectivity index (χ0n) is 23.8. The number of amides is 3. The fourth-order valence-electron chi connectivity index (χ4n) is 5.30. The summed E-state index contributed by atoms with van der Waals surface area (Å²) in [5.74, 6) is -1.69. The highest BCUT2D eigenvalue weighted by atomic mass is 19.4. The Bertz CT molecular complexity index is 1580. The number of benzene rings is 1. The van der Waals surface area contributed by atoms with E-state index < -0.39 is 40.4 Å². The highest BCUT2D eigenvalue weighted by molar-refractivity contribution is 6.01. The van der Waals surface area contributed by atoms with Crippen molar-refractivity contribution in [3.8, 4) is 5.69 Å². The number of hydroxylamine groups is 1. The molecule has 3 aromatic rings. The quantitative estimate of drug-likeness (QED) is 0.184. The molecule has 1 fully saturated rings. The lowest BCUT2D eigenvalue weighted by Crippen LogP contribution is -2.47. The van der Waals surface area contributed by atoms with Crippen molar-refractivity contribution < 1.29 is 37.6 Å². The van der Waals surface area contributed by atoms with Gasteiger partial charge < -0.3 is 21.3 Å². The summed E-state index contributed by atoms with van der Waals surface area (Å²) in [7, 11) is 0. The average molecular weight is 618 g/mol. The Morgan fingerprint density at radius 2 is 1.66 bits per heavy atom. The molecule has 5 rings (SSSR count). The standard InChI is InChI=1S/C26H27F3N8O4.CH3NO/c1-25(2)10-18-20(19(38)11-25)21(26(27,28)29)33-37(18)15-3-4-16(22(30)39)17(9-15)35-5-7-36(8-6-35)24-31-12-14(13-32-24)23(40)34-41;2-1-3/h3-4,9,12-13,41H,5-8,10-11H2,1-2H3,(H2,30,39)(H,34,40);1H,(H2,2,3). The fourth-order valence-corrected chi connectivity index (χ4v) is 5.30. The van der Waals surface area contributed by atoms with Gasteiger partial charge in [-0.3, -0.25) is 24.4 Å². The summed E-state index contributed by atoms with van der Waals surface area (Å²) in [6, 6.07) is 4.48. The molecule has 0 radical (unpaired) electrons. The van der Waals surface area contributed by atoms with Crippen LogP contribution in [0.4, 0.5) is 24.8 Å². The van der Waals surface area contributed by atoms with Gasteiger partial charge in [-0.15, -0.1) is 0 Å². The van der Waals surface area contributed by atoms with Gasteiger partial charge >= 0.3 is 6.18 Å². The normalized spacial score (nSPS) is 16.0. The second kappa shape index (κ2) is 12.3. The van der Waals surface area contributed by atoms with Crippen molar-refractivity contribution in [3.63, 3.8) is 0 Å². The summed E-state index contributed by atoms with van der Waals surface area (Å²) in [5.41, 5.74) is 10.3. The molecule has 3 amide bonds. The monoisotopic (exact) mass is 617 g/mol. The molecule has 2 aliphatic rings. The van der Waals surface area contributed by atoms with Crippen molar-refractivity contribution in [1.82, 2.24) is 25.2 Å². The Labute approximate surface area is 248 Å². The lowest BCUT2D eigenvalue weighted by molar-refractivity contribution is -0.141. The van der Waals surface area contributed by atoms with Crippen molar-refractivity contribution in [3.05, 3.63) is 58.7 Å². The van der Waals surface area contributed by atoms with E-state index in [4.69, 9.17) is 15.7 Å². The van der Waals surface area contributed by atoms with Crippen LogP contribution in [0.5, 0.6) is 0 Å². The summed E-state index contributed by atoms with van der Waals surface area (Å²) < 4.78 is 42.9. The predicted octanol–water partition coefficient (Wildman–Crippen LogP) is 1.48. The first-order valence-corrected chi connectivity index (χ1v) is 13.3. The highest BCUT2D eigenvalue weighted by Crippen LogP contribution is 2.42. The van der Waals surface area contributed by atoms with Crippen molar-refractivity contribution >= 4 is 35.6 Å². The zero-order valence-corrected chi connectivity index (χ0v) is 23.8. The van der Waals surface area contributed by atoms with E-state index in [1.54, 1.807) is 6.07 Å². The van der Waals surface area contributed by atoms with E-state index in [0.717, 1.165) is 4.68 Å². The molecule has 0 bridgehead atoms. The average Bonchev–Trinajstić information content (AvgIpc) is 3.36. The maximum atomic E-state index is 13.9. The van der Waals surface area contributed by atoms with Crippen molar-refractivity contribution in [1.29, 1.82) is 0 Å². The van der Waals surface area contributed by atoms with Crippen molar-refractivity contribution in [2.24, 2.45) is 16.9 Å². The summed E-state index contributed by atoms with van der Waals surface area (Å²) in [5, 5.41) is 12.6. The van der Waals surface area contributed by atoms with E-state index >= 15 is 0 Å². The number of nitrogens with one attached hydrogen (secondary N) is 1. The lowest BCUT2D eigenvalue weighted by Gasteiger charge is -2.37. The molecule has 0 spiro atoms. The Hall–Kier alpha value is -5.06. The van der Waals surface area contributed by atoms with Gasteiger partial charge in [0.25, 0.3) is 11.8 Å². The Balaban J connectivity index is 0.00000141. The van der Waals surface area contributed by atoms with Gasteiger partial charge in [0, 0.05) is 45.0 Å². The Kier molecular flexibility index (Phi) is 8.89. The van der Waals surface area contributed by atoms with Crippen LogP contribution < -0.4 is 26.7 Å².